The van der Waals surface area contributed by atoms with E-state index < -0.39 is 10.0 Å². The summed E-state index contributed by atoms with van der Waals surface area (Å²) in [5.74, 6) is 0.379. The van der Waals surface area contributed by atoms with E-state index in [9.17, 15) is 8.42 Å². The topological polar surface area (TPSA) is 71.3 Å². The molecule has 0 amide bonds. The molecule has 0 saturated carbocycles. The van der Waals surface area contributed by atoms with Crippen molar-refractivity contribution in [2.24, 2.45) is 13.0 Å². The van der Waals surface area contributed by atoms with Crippen molar-refractivity contribution in [2.45, 2.75) is 11.4 Å². The molecule has 2 heterocycles. The van der Waals surface area contributed by atoms with E-state index in [1.165, 1.54) is 8.99 Å². The first-order valence-corrected chi connectivity index (χ1v) is 8.25. The number of nitrogens with zero attached hydrogens (tertiary/aromatic N) is 5. The Hall–Kier alpha value is -0.510. The summed E-state index contributed by atoms with van der Waals surface area (Å²) in [7, 11) is 1.67. The van der Waals surface area contributed by atoms with E-state index in [1.807, 2.05) is 0 Å². The molecule has 0 radical (unpaired) electrons. The van der Waals surface area contributed by atoms with Gasteiger partial charge in [0.2, 0.25) is 5.03 Å². The van der Waals surface area contributed by atoms with E-state index in [-0.39, 0.29) is 9.63 Å². The maximum absolute atomic E-state index is 12.5. The highest BCUT2D eigenvalue weighted by atomic mass is 79.9. The number of hydrogen-bond donors (Lipinski definition) is 0. The lowest BCUT2D eigenvalue weighted by molar-refractivity contribution is 0.355. The quantitative estimate of drug-likeness (QED) is 0.772. The number of hydrogen-bond acceptors (Lipinski definition) is 5. The van der Waals surface area contributed by atoms with Gasteiger partial charge in [0.25, 0.3) is 10.0 Å². The molecule has 1 saturated heterocycles. The van der Waals surface area contributed by atoms with Gasteiger partial charge >= 0.3 is 0 Å². The van der Waals surface area contributed by atoms with Gasteiger partial charge < -0.3 is 4.90 Å². The summed E-state index contributed by atoms with van der Waals surface area (Å²) in [4.78, 5) is 2.21. The van der Waals surface area contributed by atoms with Gasteiger partial charge in [0.05, 0.1) is 0 Å². The van der Waals surface area contributed by atoms with Gasteiger partial charge in [-0.3, -0.25) is 0 Å². The highest BCUT2D eigenvalue weighted by Gasteiger charge is 2.31. The summed E-state index contributed by atoms with van der Waals surface area (Å²) in [5.41, 5.74) is 0. The lowest BCUT2D eigenvalue weighted by atomic mass is 10.1. The Bertz CT molecular complexity index is 539. The smallest absolute Gasteiger partial charge is 0.262 e. The fourth-order valence-corrected chi connectivity index (χ4v) is 4.65. The average molecular weight is 352 g/mol. The Morgan fingerprint density at radius 2 is 2.16 bits per heavy atom. The van der Waals surface area contributed by atoms with Gasteiger partial charge in [0.15, 0.2) is 4.60 Å². The van der Waals surface area contributed by atoms with Crippen molar-refractivity contribution >= 4 is 26.0 Å². The Labute approximate surface area is 121 Å². The highest BCUT2D eigenvalue weighted by molar-refractivity contribution is 9.10. The molecule has 2 rings (SSSR count). The van der Waals surface area contributed by atoms with Gasteiger partial charge in [-0.1, -0.05) is 5.21 Å². The van der Waals surface area contributed by atoms with Crippen LogP contribution in [0.3, 0.4) is 0 Å². The molecule has 1 aromatic heterocycles. The molecule has 108 valence electrons. The summed E-state index contributed by atoms with van der Waals surface area (Å²) in [6.07, 6.45) is 1.03. The summed E-state index contributed by atoms with van der Waals surface area (Å²) >= 11 is 3.13. The molecule has 1 atom stereocenters. The van der Waals surface area contributed by atoms with Crippen molar-refractivity contribution < 1.29 is 8.42 Å². The van der Waals surface area contributed by atoms with Crippen LogP contribution < -0.4 is 0 Å². The van der Waals surface area contributed by atoms with Gasteiger partial charge in [-0.15, -0.1) is 5.10 Å². The SMILES string of the molecule is CN1CCC(CN(C)S(=O)(=O)c2c(Br)nnn2C)C1. The van der Waals surface area contributed by atoms with Crippen molar-refractivity contribution in [1.29, 1.82) is 0 Å². The Balaban J connectivity index is 2.16. The van der Waals surface area contributed by atoms with Gasteiger partial charge in [-0.05, 0) is 41.9 Å². The molecule has 1 fully saturated rings. The zero-order chi connectivity index (χ0) is 14.2. The second kappa shape index (κ2) is 5.47. The Kier molecular flexibility index (Phi) is 4.29. The molecular weight excluding hydrogens is 334 g/mol. The third-order valence-corrected chi connectivity index (χ3v) is 6.11. The third kappa shape index (κ3) is 2.99. The van der Waals surface area contributed by atoms with Gasteiger partial charge in [-0.25, -0.2) is 13.1 Å². The van der Waals surface area contributed by atoms with Crippen LogP contribution in [0.1, 0.15) is 6.42 Å². The minimum absolute atomic E-state index is 0.0985. The number of sulfonamides is 1. The van der Waals surface area contributed by atoms with Crippen molar-refractivity contribution in [3.63, 3.8) is 0 Å². The van der Waals surface area contributed by atoms with E-state index in [2.05, 4.69) is 38.2 Å². The maximum atomic E-state index is 12.5. The van der Waals surface area contributed by atoms with Gasteiger partial charge in [0.1, 0.15) is 0 Å². The summed E-state index contributed by atoms with van der Waals surface area (Å²) in [5, 5.41) is 7.54. The molecule has 9 heteroatoms. The molecular formula is C10H18BrN5O2S. The van der Waals surface area contributed by atoms with Crippen LogP contribution in [0.2, 0.25) is 0 Å². The predicted octanol–water partition coefficient (Wildman–Crippen LogP) is 0.150. The lowest BCUT2D eigenvalue weighted by Crippen LogP contribution is -2.34. The van der Waals surface area contributed by atoms with Crippen LogP contribution >= 0.6 is 15.9 Å². The van der Waals surface area contributed by atoms with Crippen LogP contribution in [0.5, 0.6) is 0 Å². The molecule has 0 aromatic carbocycles. The zero-order valence-corrected chi connectivity index (χ0v) is 13.6. The molecule has 1 aliphatic rings. The van der Waals surface area contributed by atoms with Crippen LogP contribution in [0.4, 0.5) is 0 Å². The van der Waals surface area contributed by atoms with Gasteiger partial charge in [0, 0.05) is 27.2 Å². The molecule has 19 heavy (non-hydrogen) atoms. The van der Waals surface area contributed by atoms with E-state index in [0.29, 0.717) is 12.5 Å². The fraction of sp³-hybridized carbons (Fsp3) is 0.800. The minimum atomic E-state index is -3.56. The van der Waals surface area contributed by atoms with Crippen molar-refractivity contribution in [3.05, 3.63) is 4.60 Å². The molecule has 0 N–H and O–H groups in total. The second-order valence-electron chi connectivity index (χ2n) is 5.01. The van der Waals surface area contributed by atoms with Crippen molar-refractivity contribution in [3.8, 4) is 0 Å². The first kappa shape index (κ1) is 14.9. The number of aryl methyl sites for hydroxylation is 1. The monoisotopic (exact) mass is 351 g/mol. The standard InChI is InChI=1S/C10H18BrN5O2S/c1-14-5-4-8(6-14)7-15(2)19(17,18)10-9(11)12-13-16(10)3/h8H,4-7H2,1-3H3. The molecule has 1 aromatic rings. The van der Waals surface area contributed by atoms with Crippen LogP contribution in [-0.4, -0.2) is 66.3 Å². The fourth-order valence-electron chi connectivity index (χ4n) is 2.38. The number of likely N-dealkylation sites (tertiary alicyclic amines) is 1. The molecule has 0 bridgehead atoms. The van der Waals surface area contributed by atoms with E-state index in [1.54, 1.807) is 14.1 Å². The predicted molar refractivity (Wildman–Crippen MR) is 74.1 cm³/mol. The summed E-state index contributed by atoms with van der Waals surface area (Å²) in [6.45, 7) is 2.48. The molecule has 1 aliphatic heterocycles. The second-order valence-corrected chi connectivity index (χ2v) is 7.72. The van der Waals surface area contributed by atoms with E-state index >= 15 is 0 Å². The Morgan fingerprint density at radius 1 is 1.47 bits per heavy atom. The minimum Gasteiger partial charge on any atom is -0.306 e. The van der Waals surface area contributed by atoms with Crippen molar-refractivity contribution in [2.75, 3.05) is 33.7 Å². The van der Waals surface area contributed by atoms with E-state index in [0.717, 1.165) is 19.5 Å². The normalized spacial score (nSPS) is 21.4. The largest absolute Gasteiger partial charge is 0.306 e. The first-order valence-electron chi connectivity index (χ1n) is 6.02. The third-order valence-electron chi connectivity index (χ3n) is 3.40. The maximum Gasteiger partial charge on any atom is 0.262 e. The average Bonchev–Trinajstić information content (AvgIpc) is 2.85. The summed E-state index contributed by atoms with van der Waals surface area (Å²) < 4.78 is 27.9. The van der Waals surface area contributed by atoms with Crippen LogP contribution in [-0.2, 0) is 17.1 Å². The number of rotatable bonds is 4. The van der Waals surface area contributed by atoms with E-state index in [4.69, 9.17) is 0 Å². The molecule has 0 spiro atoms. The number of halogens is 1. The molecule has 0 aliphatic carbocycles. The molecule has 1 unspecified atom stereocenters. The number of aromatic nitrogens is 3. The van der Waals surface area contributed by atoms with Crippen LogP contribution in [0.25, 0.3) is 0 Å². The van der Waals surface area contributed by atoms with Crippen LogP contribution in [0, 0.1) is 5.92 Å². The van der Waals surface area contributed by atoms with Crippen molar-refractivity contribution in [1.82, 2.24) is 24.2 Å². The van der Waals surface area contributed by atoms with Gasteiger partial charge in [-0.2, -0.15) is 4.31 Å². The lowest BCUT2D eigenvalue weighted by Gasteiger charge is -2.20. The van der Waals surface area contributed by atoms with Crippen LogP contribution in [0.15, 0.2) is 9.63 Å². The molecule has 7 nitrogen and oxygen atoms in total. The zero-order valence-electron chi connectivity index (χ0n) is 11.2. The first-order chi connectivity index (χ1) is 8.82. The Morgan fingerprint density at radius 3 is 2.63 bits per heavy atom. The highest BCUT2D eigenvalue weighted by Crippen LogP contribution is 2.23. The summed E-state index contributed by atoms with van der Waals surface area (Å²) in [6, 6.07) is 0.